The van der Waals surface area contributed by atoms with E-state index in [1.54, 1.807) is 0 Å². The van der Waals surface area contributed by atoms with Gasteiger partial charge in [0, 0.05) is 24.6 Å². The number of sulfonamides is 1. The minimum Gasteiger partial charge on any atom is -0.298 e. The van der Waals surface area contributed by atoms with Crippen LogP contribution in [0.2, 0.25) is 0 Å². The van der Waals surface area contributed by atoms with E-state index < -0.39 is 93.5 Å². The number of aryl methyl sites for hydroxylation is 1. The van der Waals surface area contributed by atoms with E-state index in [4.69, 9.17) is 0 Å². The van der Waals surface area contributed by atoms with Gasteiger partial charge in [0.25, 0.3) is 0 Å². The lowest BCUT2D eigenvalue weighted by Gasteiger charge is -2.26. The molecule has 40 heavy (non-hydrogen) atoms. The number of carbonyl (C=O) groups is 1. The van der Waals surface area contributed by atoms with Gasteiger partial charge in [0.15, 0.2) is 11.5 Å². The number of alkyl halides is 7. The summed E-state index contributed by atoms with van der Waals surface area (Å²) in [4.78, 5) is 18.8. The highest BCUT2D eigenvalue weighted by atomic mass is 32.2. The smallest absolute Gasteiger partial charge is 0.298 e. The molecule has 216 valence electrons. The number of hydrogen-bond acceptors (Lipinski definition) is 6. The summed E-state index contributed by atoms with van der Waals surface area (Å²) < 4.78 is 135. The molecule has 2 aromatic heterocycles. The monoisotopic (exact) mass is 597 g/mol. The zero-order chi connectivity index (χ0) is 29.6. The molecule has 1 aliphatic heterocycles. The molecule has 3 atom stereocenters. The van der Waals surface area contributed by atoms with Crippen LogP contribution in [0.4, 0.5) is 35.1 Å². The van der Waals surface area contributed by atoms with E-state index >= 15 is 0 Å². The van der Waals surface area contributed by atoms with Gasteiger partial charge in [0.2, 0.25) is 15.8 Å². The number of hydrogen-bond donors (Lipinski definition) is 0. The van der Waals surface area contributed by atoms with Crippen molar-refractivity contribution in [3.8, 4) is 5.69 Å². The first kappa shape index (κ1) is 29.5. The normalized spacial score (nSPS) is 20.7. The lowest BCUT2D eigenvalue weighted by Crippen LogP contribution is -2.44. The molecular weight excluding hydrogens is 578 g/mol. The Morgan fingerprint density at radius 1 is 1.02 bits per heavy atom. The van der Waals surface area contributed by atoms with Crippen molar-refractivity contribution in [2.45, 2.75) is 61.7 Å². The number of benzene rings is 1. The largest absolute Gasteiger partial charge is 0.451 e. The zero-order valence-electron chi connectivity index (χ0n) is 20.3. The number of ketones is 1. The molecule has 4 rings (SSSR count). The third-order valence-electron chi connectivity index (χ3n) is 6.30. The molecular formula is C23H19F8N5O3S. The van der Waals surface area contributed by atoms with Crippen LogP contribution in [0, 0.1) is 5.82 Å². The second-order valence-corrected chi connectivity index (χ2v) is 10.8. The van der Waals surface area contributed by atoms with Crippen molar-refractivity contribution in [1.82, 2.24) is 24.1 Å². The summed E-state index contributed by atoms with van der Waals surface area (Å²) in [5.41, 5.74) is -2.27. The lowest BCUT2D eigenvalue weighted by atomic mass is 10.0. The van der Waals surface area contributed by atoms with Crippen molar-refractivity contribution in [3.05, 3.63) is 65.8 Å². The number of rotatable bonds is 7. The predicted molar refractivity (Wildman–Crippen MR) is 121 cm³/mol. The van der Waals surface area contributed by atoms with E-state index in [1.165, 1.54) is 6.92 Å². The third kappa shape index (κ3) is 5.84. The fourth-order valence-corrected chi connectivity index (χ4v) is 6.15. The Morgan fingerprint density at radius 2 is 1.62 bits per heavy atom. The fraction of sp³-hybridized carbons (Fsp3) is 0.391. The number of nitrogens with zero attached hydrogens (tertiary/aromatic N) is 5. The molecule has 3 aromatic rings. The summed E-state index contributed by atoms with van der Waals surface area (Å²) in [6, 6.07) is 0.814. The van der Waals surface area contributed by atoms with Gasteiger partial charge >= 0.3 is 12.4 Å². The average Bonchev–Trinajstić information content (AvgIpc) is 3.44. The van der Waals surface area contributed by atoms with Crippen LogP contribution in [-0.2, 0) is 33.6 Å². The Kier molecular flexibility index (Phi) is 7.74. The van der Waals surface area contributed by atoms with E-state index in [0.29, 0.717) is 21.4 Å². The maximum Gasteiger partial charge on any atom is 0.451 e. The van der Waals surface area contributed by atoms with E-state index in [-0.39, 0.29) is 5.69 Å². The minimum absolute atomic E-state index is 0.322. The zero-order valence-corrected chi connectivity index (χ0v) is 21.1. The standard InChI is InChI=1S/C23H19F8N5O3S/c1-12-17(25)8-18(36(12)40(38,39)16-5-3-14(24)4-6-16)19(37)7-2-13-11-35(34-20(13)22(26,27)28)15-9-32-21(33-10-15)23(29,30)31/h3-6,9-12,17-18H,2,7-8H2,1H3/t12-,17+,18?/m0/s1. The number of Topliss-reactive ketones (excluding diaryl/α,β-unsaturated/α-hetero) is 1. The third-order valence-corrected chi connectivity index (χ3v) is 8.31. The molecule has 17 heteroatoms. The number of aromatic nitrogens is 4. The van der Waals surface area contributed by atoms with Crippen LogP contribution in [-0.4, -0.2) is 56.5 Å². The molecule has 0 aliphatic carbocycles. The second kappa shape index (κ2) is 10.5. The van der Waals surface area contributed by atoms with Crippen molar-refractivity contribution in [2.75, 3.05) is 0 Å². The SMILES string of the molecule is C[C@H]1[C@H](F)CC(C(=O)CCc2cn(-c3cnc(C(F)(F)F)nc3)nc2C(F)(F)F)N1S(=O)(=O)c1ccc(F)cc1. The first-order valence-electron chi connectivity index (χ1n) is 11.5. The van der Waals surface area contributed by atoms with E-state index in [9.17, 15) is 48.3 Å². The van der Waals surface area contributed by atoms with Gasteiger partial charge in [-0.05, 0) is 37.6 Å². The van der Waals surface area contributed by atoms with Gasteiger partial charge in [-0.3, -0.25) is 4.79 Å². The molecule has 1 aromatic carbocycles. The van der Waals surface area contributed by atoms with Crippen LogP contribution < -0.4 is 0 Å². The van der Waals surface area contributed by atoms with E-state index in [2.05, 4.69) is 15.1 Å². The second-order valence-electron chi connectivity index (χ2n) is 8.97. The van der Waals surface area contributed by atoms with Crippen LogP contribution >= 0.6 is 0 Å². The summed E-state index contributed by atoms with van der Waals surface area (Å²) in [5, 5.41) is 3.37. The summed E-state index contributed by atoms with van der Waals surface area (Å²) in [5.74, 6) is -3.10. The van der Waals surface area contributed by atoms with Gasteiger partial charge in [0.1, 0.15) is 17.7 Å². The maximum atomic E-state index is 14.6. The van der Waals surface area contributed by atoms with Crippen molar-refractivity contribution in [3.63, 3.8) is 0 Å². The molecule has 8 nitrogen and oxygen atoms in total. The first-order chi connectivity index (χ1) is 18.5. The molecule has 1 fully saturated rings. The lowest BCUT2D eigenvalue weighted by molar-refractivity contribution is -0.145. The van der Waals surface area contributed by atoms with Crippen molar-refractivity contribution >= 4 is 15.8 Å². The van der Waals surface area contributed by atoms with Crippen LogP contribution in [0.1, 0.15) is 36.8 Å². The Balaban J connectivity index is 1.58. The Morgan fingerprint density at radius 3 is 2.17 bits per heavy atom. The summed E-state index contributed by atoms with van der Waals surface area (Å²) >= 11 is 0. The van der Waals surface area contributed by atoms with E-state index in [0.717, 1.165) is 30.5 Å². The average molecular weight is 597 g/mol. The first-order valence-corrected chi connectivity index (χ1v) is 13.0. The molecule has 0 amide bonds. The molecule has 0 spiro atoms. The molecule has 1 unspecified atom stereocenters. The highest BCUT2D eigenvalue weighted by Gasteiger charge is 2.49. The van der Waals surface area contributed by atoms with Gasteiger partial charge in [-0.1, -0.05) is 0 Å². The predicted octanol–water partition coefficient (Wildman–Crippen LogP) is 4.53. The molecule has 1 saturated heterocycles. The maximum absolute atomic E-state index is 14.6. The molecule has 0 radical (unpaired) electrons. The summed E-state index contributed by atoms with van der Waals surface area (Å²) in [6.07, 6.45) is -11.3. The van der Waals surface area contributed by atoms with E-state index in [1.807, 2.05) is 0 Å². The van der Waals surface area contributed by atoms with Gasteiger partial charge < -0.3 is 0 Å². The van der Waals surface area contributed by atoms with Gasteiger partial charge in [-0.15, -0.1) is 0 Å². The highest BCUT2D eigenvalue weighted by Crippen LogP contribution is 2.36. The van der Waals surface area contributed by atoms with Crippen LogP contribution in [0.5, 0.6) is 0 Å². The topological polar surface area (TPSA) is 98.1 Å². The Labute approximate surface area is 221 Å². The van der Waals surface area contributed by atoms with Gasteiger partial charge in [-0.2, -0.15) is 35.7 Å². The Bertz CT molecular complexity index is 1490. The number of halogens is 8. The summed E-state index contributed by atoms with van der Waals surface area (Å²) in [6.45, 7) is 1.23. The van der Waals surface area contributed by atoms with Crippen LogP contribution in [0.15, 0.2) is 47.8 Å². The summed E-state index contributed by atoms with van der Waals surface area (Å²) in [7, 11) is -4.48. The minimum atomic E-state index is -5.01. The highest BCUT2D eigenvalue weighted by molar-refractivity contribution is 7.89. The fourth-order valence-electron chi connectivity index (χ4n) is 4.32. The molecule has 1 aliphatic rings. The van der Waals surface area contributed by atoms with Gasteiger partial charge in [-0.25, -0.2) is 31.8 Å². The van der Waals surface area contributed by atoms with Crippen molar-refractivity contribution < 1.29 is 48.3 Å². The molecule has 0 bridgehead atoms. The van der Waals surface area contributed by atoms with Crippen LogP contribution in [0.3, 0.4) is 0 Å². The molecule has 0 saturated carbocycles. The van der Waals surface area contributed by atoms with Crippen LogP contribution in [0.25, 0.3) is 5.69 Å². The molecule has 0 N–H and O–H groups in total. The Hall–Kier alpha value is -3.47. The quantitative estimate of drug-likeness (QED) is 0.372. The van der Waals surface area contributed by atoms with Crippen molar-refractivity contribution in [2.24, 2.45) is 0 Å². The van der Waals surface area contributed by atoms with Gasteiger partial charge in [0.05, 0.1) is 29.4 Å². The van der Waals surface area contributed by atoms with Crippen molar-refractivity contribution in [1.29, 1.82) is 0 Å². The molecule has 3 heterocycles. The number of carbonyl (C=O) groups excluding carboxylic acids is 1.